The molecule has 0 aliphatic rings. The molecule has 0 saturated carbocycles. The van der Waals surface area contributed by atoms with Gasteiger partial charge in [0.1, 0.15) is 0 Å². The van der Waals surface area contributed by atoms with Crippen LogP contribution >= 0.6 is 11.8 Å². The summed E-state index contributed by atoms with van der Waals surface area (Å²) in [5.41, 5.74) is 1.74. The highest BCUT2D eigenvalue weighted by molar-refractivity contribution is 7.98. The van der Waals surface area contributed by atoms with Crippen molar-refractivity contribution in [1.29, 1.82) is 0 Å². The lowest BCUT2D eigenvalue weighted by Gasteiger charge is -2.22. The minimum atomic E-state index is -0.643. The number of fused-ring (bicyclic) bond motifs is 1. The minimum absolute atomic E-state index is 0.608. The molecule has 0 amide bonds. The molecule has 1 unspecified atom stereocenters. The van der Waals surface area contributed by atoms with Gasteiger partial charge in [-0.25, -0.2) is 0 Å². The van der Waals surface area contributed by atoms with Crippen LogP contribution < -0.4 is 5.32 Å². The summed E-state index contributed by atoms with van der Waals surface area (Å²) in [4.78, 5) is 3.21. The summed E-state index contributed by atoms with van der Waals surface area (Å²) < 4.78 is 0. The summed E-state index contributed by atoms with van der Waals surface area (Å²) in [5, 5.41) is 14.6. The van der Waals surface area contributed by atoms with Crippen molar-refractivity contribution in [1.82, 2.24) is 10.3 Å². The van der Waals surface area contributed by atoms with Crippen LogP contribution in [0, 0.1) is 0 Å². The van der Waals surface area contributed by atoms with E-state index in [-0.39, 0.29) is 0 Å². The molecule has 1 aromatic carbocycles. The summed E-state index contributed by atoms with van der Waals surface area (Å²) in [7, 11) is 0. The smallest absolute Gasteiger partial charge is 0.0833 e. The van der Waals surface area contributed by atoms with Gasteiger partial charge in [-0.05, 0) is 36.3 Å². The highest BCUT2D eigenvalue weighted by atomic mass is 32.2. The first-order valence-corrected chi connectivity index (χ1v) is 7.48. The van der Waals surface area contributed by atoms with Crippen LogP contribution in [0.15, 0.2) is 30.5 Å². The third-order valence-electron chi connectivity index (χ3n) is 2.91. The largest absolute Gasteiger partial charge is 0.388 e. The second-order valence-corrected chi connectivity index (χ2v) is 5.80. The van der Waals surface area contributed by atoms with Gasteiger partial charge in [0.05, 0.1) is 5.60 Å². The van der Waals surface area contributed by atoms with Gasteiger partial charge < -0.3 is 15.4 Å². The highest BCUT2D eigenvalue weighted by Crippen LogP contribution is 2.14. The molecule has 0 fully saturated rings. The number of benzene rings is 1. The lowest BCUT2D eigenvalue weighted by Crippen LogP contribution is -2.39. The zero-order chi connectivity index (χ0) is 13.0. The van der Waals surface area contributed by atoms with Crippen LogP contribution in [0.5, 0.6) is 0 Å². The Bertz CT molecular complexity index is 507. The van der Waals surface area contributed by atoms with E-state index in [0.29, 0.717) is 6.54 Å². The monoisotopic (exact) mass is 264 g/mol. The van der Waals surface area contributed by atoms with E-state index >= 15 is 0 Å². The maximum atomic E-state index is 10.0. The number of aliphatic hydroxyl groups is 1. The molecule has 3 N–H and O–H groups in total. The number of aromatic nitrogens is 1. The van der Waals surface area contributed by atoms with Crippen molar-refractivity contribution in [3.05, 3.63) is 36.0 Å². The molecule has 18 heavy (non-hydrogen) atoms. The molecule has 2 aromatic rings. The van der Waals surface area contributed by atoms with Crippen molar-refractivity contribution in [2.45, 2.75) is 19.1 Å². The van der Waals surface area contributed by atoms with Crippen LogP contribution in [0.4, 0.5) is 0 Å². The molecule has 0 radical (unpaired) electrons. The SMILES string of the molecule is CSCC(C)(O)CNCc1ccc2cc[nH]c2c1. The molecule has 0 aliphatic heterocycles. The van der Waals surface area contributed by atoms with Crippen LogP contribution in [0.3, 0.4) is 0 Å². The molecular weight excluding hydrogens is 244 g/mol. The number of rotatable bonds is 6. The van der Waals surface area contributed by atoms with Gasteiger partial charge in [-0.3, -0.25) is 0 Å². The minimum Gasteiger partial charge on any atom is -0.388 e. The molecule has 4 heteroatoms. The van der Waals surface area contributed by atoms with Crippen molar-refractivity contribution in [3.8, 4) is 0 Å². The highest BCUT2D eigenvalue weighted by Gasteiger charge is 2.18. The topological polar surface area (TPSA) is 48.0 Å². The van der Waals surface area contributed by atoms with Crippen molar-refractivity contribution < 1.29 is 5.11 Å². The molecular formula is C14H20N2OS. The van der Waals surface area contributed by atoms with Crippen LogP contribution in [0.1, 0.15) is 12.5 Å². The molecule has 0 aliphatic carbocycles. The first-order valence-electron chi connectivity index (χ1n) is 6.09. The van der Waals surface area contributed by atoms with Crippen LogP contribution in [-0.4, -0.2) is 34.2 Å². The Balaban J connectivity index is 1.90. The Hall–Kier alpha value is -0.970. The van der Waals surface area contributed by atoms with Gasteiger partial charge in [0, 0.05) is 30.6 Å². The lowest BCUT2D eigenvalue weighted by atomic mass is 10.1. The molecule has 1 atom stereocenters. The van der Waals surface area contributed by atoms with E-state index in [2.05, 4.69) is 34.6 Å². The van der Waals surface area contributed by atoms with Gasteiger partial charge in [-0.15, -0.1) is 0 Å². The zero-order valence-corrected chi connectivity index (χ0v) is 11.7. The van der Waals surface area contributed by atoms with Crippen molar-refractivity contribution in [2.24, 2.45) is 0 Å². The molecule has 3 nitrogen and oxygen atoms in total. The summed E-state index contributed by atoms with van der Waals surface area (Å²) in [6, 6.07) is 8.44. The molecule has 98 valence electrons. The standard InChI is InChI=1S/C14H20N2OS/c1-14(17,10-18-2)9-15-8-11-3-4-12-5-6-16-13(12)7-11/h3-7,15-17H,8-10H2,1-2H3. The Morgan fingerprint density at radius 3 is 3.00 bits per heavy atom. The second kappa shape index (κ2) is 5.78. The molecule has 0 bridgehead atoms. The van der Waals surface area contributed by atoms with E-state index < -0.39 is 5.60 Å². The van der Waals surface area contributed by atoms with Gasteiger partial charge >= 0.3 is 0 Å². The maximum Gasteiger partial charge on any atom is 0.0833 e. The van der Waals surface area contributed by atoms with Gasteiger partial charge in [-0.1, -0.05) is 12.1 Å². The van der Waals surface area contributed by atoms with Crippen LogP contribution in [-0.2, 0) is 6.54 Å². The predicted molar refractivity (Wildman–Crippen MR) is 79.0 cm³/mol. The average Bonchev–Trinajstić information content (AvgIpc) is 2.75. The number of aromatic amines is 1. The van der Waals surface area contributed by atoms with Crippen molar-refractivity contribution in [2.75, 3.05) is 18.6 Å². The predicted octanol–water partition coefficient (Wildman–Crippen LogP) is 2.37. The average molecular weight is 264 g/mol. The lowest BCUT2D eigenvalue weighted by molar-refractivity contribution is 0.0846. The van der Waals surface area contributed by atoms with Crippen molar-refractivity contribution in [3.63, 3.8) is 0 Å². The molecule has 1 aromatic heterocycles. The number of nitrogens with one attached hydrogen (secondary N) is 2. The Kier molecular flexibility index (Phi) is 4.32. The summed E-state index contributed by atoms with van der Waals surface area (Å²) in [6.45, 7) is 3.25. The summed E-state index contributed by atoms with van der Waals surface area (Å²) in [5.74, 6) is 0.746. The number of hydrogen-bond acceptors (Lipinski definition) is 3. The molecule has 0 saturated heterocycles. The van der Waals surface area contributed by atoms with E-state index in [1.165, 1.54) is 10.9 Å². The fraction of sp³-hybridized carbons (Fsp3) is 0.429. The third-order valence-corrected chi connectivity index (χ3v) is 3.82. The zero-order valence-electron chi connectivity index (χ0n) is 10.9. The molecule has 1 heterocycles. The number of thioether (sulfide) groups is 1. The Morgan fingerprint density at radius 2 is 2.22 bits per heavy atom. The number of hydrogen-bond donors (Lipinski definition) is 3. The van der Waals surface area contributed by atoms with E-state index in [1.54, 1.807) is 11.8 Å². The van der Waals surface area contributed by atoms with E-state index in [4.69, 9.17) is 0 Å². The summed E-state index contributed by atoms with van der Waals surface area (Å²) >= 11 is 1.66. The third kappa shape index (κ3) is 3.51. The first-order chi connectivity index (χ1) is 8.61. The normalized spacial score (nSPS) is 14.8. The van der Waals surface area contributed by atoms with Gasteiger partial charge in [-0.2, -0.15) is 11.8 Å². The second-order valence-electron chi connectivity index (χ2n) is 4.93. The van der Waals surface area contributed by atoms with Crippen LogP contribution in [0.2, 0.25) is 0 Å². The van der Waals surface area contributed by atoms with E-state index in [0.717, 1.165) is 17.8 Å². The van der Waals surface area contributed by atoms with Gasteiger partial charge in [0.25, 0.3) is 0 Å². The Labute approximate surface area is 112 Å². The fourth-order valence-corrected chi connectivity index (χ4v) is 2.77. The van der Waals surface area contributed by atoms with E-state index in [1.807, 2.05) is 19.4 Å². The molecule has 0 spiro atoms. The summed E-state index contributed by atoms with van der Waals surface area (Å²) in [6.07, 6.45) is 3.96. The first kappa shape index (κ1) is 13.5. The van der Waals surface area contributed by atoms with Crippen LogP contribution in [0.25, 0.3) is 10.9 Å². The maximum absolute atomic E-state index is 10.0. The number of H-pyrrole nitrogens is 1. The molecule has 2 rings (SSSR count). The van der Waals surface area contributed by atoms with Gasteiger partial charge in [0.15, 0.2) is 0 Å². The fourth-order valence-electron chi connectivity index (χ4n) is 2.04. The van der Waals surface area contributed by atoms with E-state index in [9.17, 15) is 5.11 Å². The van der Waals surface area contributed by atoms with Crippen molar-refractivity contribution >= 4 is 22.7 Å². The van der Waals surface area contributed by atoms with Gasteiger partial charge in [0.2, 0.25) is 0 Å². The Morgan fingerprint density at radius 1 is 1.39 bits per heavy atom. The quantitative estimate of drug-likeness (QED) is 0.751.